The van der Waals surface area contributed by atoms with Crippen LogP contribution in [0.1, 0.15) is 31.7 Å². The second kappa shape index (κ2) is 5.60. The summed E-state index contributed by atoms with van der Waals surface area (Å²) in [7, 11) is 0. The zero-order valence-corrected chi connectivity index (χ0v) is 8.22. The molecule has 0 saturated heterocycles. The number of hydrogen-bond donors (Lipinski definition) is 2. The molecule has 0 bridgehead atoms. The second-order valence-corrected chi connectivity index (χ2v) is 3.26. The lowest BCUT2D eigenvalue weighted by Gasteiger charge is -2.07. The van der Waals surface area contributed by atoms with Crippen LogP contribution in [0.25, 0.3) is 0 Å². The number of nitrogen functional groups attached to an aromatic ring is 1. The first-order valence-electron chi connectivity index (χ1n) is 4.93. The normalized spacial score (nSPS) is 10.0. The second-order valence-electron chi connectivity index (χ2n) is 3.26. The predicted molar refractivity (Wildman–Crippen MR) is 57.5 cm³/mol. The summed E-state index contributed by atoms with van der Waals surface area (Å²) in [5, 5.41) is 0. The van der Waals surface area contributed by atoms with Gasteiger partial charge in [-0.3, -0.25) is 5.84 Å². The molecule has 2 heteroatoms. The Bertz CT molecular complexity index is 246. The Morgan fingerprint density at radius 3 is 2.69 bits per heavy atom. The van der Waals surface area contributed by atoms with Crippen molar-refractivity contribution < 1.29 is 0 Å². The van der Waals surface area contributed by atoms with Crippen molar-refractivity contribution >= 4 is 5.69 Å². The van der Waals surface area contributed by atoms with Crippen molar-refractivity contribution in [3.8, 4) is 0 Å². The van der Waals surface area contributed by atoms with Gasteiger partial charge in [0.15, 0.2) is 0 Å². The fourth-order valence-electron chi connectivity index (χ4n) is 1.44. The van der Waals surface area contributed by atoms with E-state index in [0.29, 0.717) is 0 Å². The van der Waals surface area contributed by atoms with Crippen molar-refractivity contribution in [3.05, 3.63) is 29.8 Å². The van der Waals surface area contributed by atoms with E-state index in [9.17, 15) is 0 Å². The summed E-state index contributed by atoms with van der Waals surface area (Å²) >= 11 is 0. The first-order valence-corrected chi connectivity index (χ1v) is 4.93. The maximum atomic E-state index is 5.40. The van der Waals surface area contributed by atoms with Crippen molar-refractivity contribution in [1.82, 2.24) is 0 Å². The number of unbranched alkanes of at least 4 members (excludes halogenated alkanes) is 2. The zero-order chi connectivity index (χ0) is 9.52. The van der Waals surface area contributed by atoms with Crippen LogP contribution in [0, 0.1) is 0 Å². The summed E-state index contributed by atoms with van der Waals surface area (Å²) in [5.41, 5.74) is 5.09. The molecule has 0 fully saturated rings. The fraction of sp³-hybridized carbons (Fsp3) is 0.455. The van der Waals surface area contributed by atoms with Gasteiger partial charge in [0.1, 0.15) is 0 Å². The SMILES string of the molecule is CCCCCc1ccccc1NN. The van der Waals surface area contributed by atoms with E-state index < -0.39 is 0 Å². The average Bonchev–Trinajstić information content (AvgIpc) is 2.19. The van der Waals surface area contributed by atoms with Crippen molar-refractivity contribution in [2.75, 3.05) is 5.43 Å². The van der Waals surface area contributed by atoms with Crippen LogP contribution in [0.15, 0.2) is 24.3 Å². The molecular weight excluding hydrogens is 160 g/mol. The quantitative estimate of drug-likeness (QED) is 0.413. The molecule has 2 nitrogen and oxygen atoms in total. The Balaban J connectivity index is 2.54. The number of anilines is 1. The zero-order valence-electron chi connectivity index (χ0n) is 8.22. The number of hydrazine groups is 1. The molecule has 0 atom stereocenters. The van der Waals surface area contributed by atoms with E-state index >= 15 is 0 Å². The number of para-hydroxylation sites is 1. The number of nitrogens with one attached hydrogen (secondary N) is 1. The monoisotopic (exact) mass is 178 g/mol. The van der Waals surface area contributed by atoms with Crippen LogP contribution in [0.3, 0.4) is 0 Å². The van der Waals surface area contributed by atoms with Crippen molar-refractivity contribution in [2.24, 2.45) is 5.84 Å². The first-order chi connectivity index (χ1) is 6.38. The van der Waals surface area contributed by atoms with Gasteiger partial charge in [-0.2, -0.15) is 0 Å². The fourth-order valence-corrected chi connectivity index (χ4v) is 1.44. The van der Waals surface area contributed by atoms with E-state index in [1.807, 2.05) is 12.1 Å². The third-order valence-electron chi connectivity index (χ3n) is 2.22. The highest BCUT2D eigenvalue weighted by Gasteiger charge is 1.98. The highest BCUT2D eigenvalue weighted by Crippen LogP contribution is 2.16. The summed E-state index contributed by atoms with van der Waals surface area (Å²) in [6.07, 6.45) is 4.92. The van der Waals surface area contributed by atoms with Crippen LogP contribution in [0.5, 0.6) is 0 Å². The highest BCUT2D eigenvalue weighted by atomic mass is 15.2. The minimum atomic E-state index is 1.05. The Morgan fingerprint density at radius 1 is 1.23 bits per heavy atom. The van der Waals surface area contributed by atoms with Gasteiger partial charge in [-0.25, -0.2) is 0 Å². The van der Waals surface area contributed by atoms with Crippen LogP contribution in [-0.4, -0.2) is 0 Å². The highest BCUT2D eigenvalue weighted by molar-refractivity contribution is 5.49. The molecule has 0 aliphatic rings. The molecule has 1 rings (SSSR count). The maximum Gasteiger partial charge on any atom is 0.0517 e. The first kappa shape index (κ1) is 10.1. The Hall–Kier alpha value is -1.02. The van der Waals surface area contributed by atoms with Crippen LogP contribution in [0.2, 0.25) is 0 Å². The smallest absolute Gasteiger partial charge is 0.0517 e. The van der Waals surface area contributed by atoms with Gasteiger partial charge in [0.2, 0.25) is 0 Å². The maximum absolute atomic E-state index is 5.40. The van der Waals surface area contributed by atoms with Crippen molar-refractivity contribution in [2.45, 2.75) is 32.6 Å². The summed E-state index contributed by atoms with van der Waals surface area (Å²) in [6, 6.07) is 8.20. The van der Waals surface area contributed by atoms with Gasteiger partial charge in [-0.15, -0.1) is 0 Å². The largest absolute Gasteiger partial charge is 0.324 e. The molecule has 0 heterocycles. The van der Waals surface area contributed by atoms with Gasteiger partial charge >= 0.3 is 0 Å². The number of benzene rings is 1. The van der Waals surface area contributed by atoms with Crippen molar-refractivity contribution in [3.63, 3.8) is 0 Å². The molecule has 0 aliphatic carbocycles. The lowest BCUT2D eigenvalue weighted by Crippen LogP contribution is -2.08. The molecular formula is C11H18N2. The van der Waals surface area contributed by atoms with Crippen LogP contribution < -0.4 is 11.3 Å². The van der Waals surface area contributed by atoms with Gasteiger partial charge < -0.3 is 5.43 Å². The molecule has 0 aromatic heterocycles. The molecule has 1 aromatic carbocycles. The van der Waals surface area contributed by atoms with E-state index in [1.165, 1.54) is 24.8 Å². The third-order valence-corrected chi connectivity index (χ3v) is 2.22. The van der Waals surface area contributed by atoms with E-state index in [0.717, 1.165) is 12.1 Å². The van der Waals surface area contributed by atoms with E-state index in [4.69, 9.17) is 5.84 Å². The number of aryl methyl sites for hydroxylation is 1. The molecule has 0 unspecified atom stereocenters. The molecule has 0 aliphatic heterocycles. The van der Waals surface area contributed by atoms with Crippen LogP contribution >= 0.6 is 0 Å². The Morgan fingerprint density at radius 2 is 2.00 bits per heavy atom. The Labute approximate surface area is 80.1 Å². The van der Waals surface area contributed by atoms with Gasteiger partial charge in [0, 0.05) is 0 Å². The lowest BCUT2D eigenvalue weighted by molar-refractivity contribution is 0.718. The molecule has 0 amide bonds. The van der Waals surface area contributed by atoms with Gasteiger partial charge in [-0.1, -0.05) is 38.0 Å². The topological polar surface area (TPSA) is 38.0 Å². The number of rotatable bonds is 5. The number of nitrogens with two attached hydrogens (primary N) is 1. The third kappa shape index (κ3) is 3.07. The molecule has 72 valence electrons. The van der Waals surface area contributed by atoms with Gasteiger partial charge in [-0.05, 0) is 24.5 Å². The lowest BCUT2D eigenvalue weighted by atomic mass is 10.1. The van der Waals surface area contributed by atoms with E-state index in [-0.39, 0.29) is 0 Å². The van der Waals surface area contributed by atoms with Crippen LogP contribution in [0.4, 0.5) is 5.69 Å². The predicted octanol–water partition coefficient (Wildman–Crippen LogP) is 2.70. The van der Waals surface area contributed by atoms with Crippen LogP contribution in [-0.2, 0) is 6.42 Å². The van der Waals surface area contributed by atoms with Crippen molar-refractivity contribution in [1.29, 1.82) is 0 Å². The average molecular weight is 178 g/mol. The summed E-state index contributed by atoms with van der Waals surface area (Å²) < 4.78 is 0. The van der Waals surface area contributed by atoms with E-state index in [2.05, 4.69) is 24.5 Å². The molecule has 13 heavy (non-hydrogen) atoms. The molecule has 0 radical (unpaired) electrons. The van der Waals surface area contributed by atoms with Gasteiger partial charge in [0.05, 0.1) is 5.69 Å². The number of hydrogen-bond acceptors (Lipinski definition) is 2. The van der Waals surface area contributed by atoms with E-state index in [1.54, 1.807) is 0 Å². The Kier molecular flexibility index (Phi) is 4.33. The molecule has 3 N–H and O–H groups in total. The molecule has 1 aromatic rings. The van der Waals surface area contributed by atoms with Gasteiger partial charge in [0.25, 0.3) is 0 Å². The minimum absolute atomic E-state index is 1.05. The summed E-state index contributed by atoms with van der Waals surface area (Å²) in [5.74, 6) is 5.40. The molecule has 0 spiro atoms. The minimum Gasteiger partial charge on any atom is -0.324 e. The summed E-state index contributed by atoms with van der Waals surface area (Å²) in [6.45, 7) is 2.22. The molecule has 0 saturated carbocycles. The standard InChI is InChI=1S/C11H18N2/c1-2-3-4-7-10-8-5-6-9-11(10)13-12/h5-6,8-9,13H,2-4,7,12H2,1H3. The summed E-state index contributed by atoms with van der Waals surface area (Å²) in [4.78, 5) is 0.